The average molecular weight is 386 g/mol. The fraction of sp³-hybridized carbons (Fsp3) is 0.250. The summed E-state index contributed by atoms with van der Waals surface area (Å²) in [6.07, 6.45) is 0.800. The van der Waals surface area contributed by atoms with E-state index in [9.17, 15) is 4.79 Å². The van der Waals surface area contributed by atoms with Gasteiger partial charge in [-0.05, 0) is 52.6 Å². The highest BCUT2D eigenvalue weighted by Crippen LogP contribution is 2.42. The molecular formula is C20H19NO3S2. The topological polar surface area (TPSA) is 38.8 Å². The lowest BCUT2D eigenvalue weighted by molar-refractivity contribution is 0.0702. The highest BCUT2D eigenvalue weighted by Gasteiger charge is 2.34. The molecule has 0 N–H and O–H groups in total. The number of carbonyl (C=O) groups excluding carboxylic acids is 1. The van der Waals surface area contributed by atoms with E-state index >= 15 is 0 Å². The van der Waals surface area contributed by atoms with Gasteiger partial charge >= 0.3 is 0 Å². The van der Waals surface area contributed by atoms with Gasteiger partial charge in [0.1, 0.15) is 0 Å². The van der Waals surface area contributed by atoms with E-state index in [0.29, 0.717) is 12.3 Å². The summed E-state index contributed by atoms with van der Waals surface area (Å²) >= 11 is 3.16. The Balaban J connectivity index is 1.83. The predicted molar refractivity (Wildman–Crippen MR) is 105 cm³/mol. The highest BCUT2D eigenvalue weighted by atomic mass is 32.1. The van der Waals surface area contributed by atoms with Gasteiger partial charge in [0.15, 0.2) is 11.5 Å². The van der Waals surface area contributed by atoms with Crippen molar-refractivity contribution >= 4 is 28.6 Å². The molecule has 0 saturated carbocycles. The second-order valence-corrected chi connectivity index (χ2v) is 7.98. The average Bonchev–Trinajstić information content (AvgIpc) is 3.39. The molecule has 4 rings (SSSR count). The summed E-state index contributed by atoms with van der Waals surface area (Å²) < 4.78 is 11.0. The number of fused-ring (bicyclic) bond motifs is 1. The van der Waals surface area contributed by atoms with Crippen molar-refractivity contribution in [3.63, 3.8) is 0 Å². The number of thiophene rings is 2. The molecule has 0 bridgehead atoms. The SMILES string of the molecule is COc1cc2c(cc1OC)[C@H](c1cccs1)N(C(=O)c1cccs1)CC2. The van der Waals surface area contributed by atoms with Crippen molar-refractivity contribution < 1.29 is 14.3 Å². The van der Waals surface area contributed by atoms with E-state index in [2.05, 4.69) is 11.4 Å². The van der Waals surface area contributed by atoms with Crippen molar-refractivity contribution in [3.8, 4) is 11.5 Å². The highest BCUT2D eigenvalue weighted by molar-refractivity contribution is 7.12. The Bertz CT molecular complexity index is 904. The standard InChI is InChI=1S/C20H19NO3S2/c1-23-15-11-13-7-8-21(20(22)18-6-4-10-26-18)19(17-5-3-9-25-17)14(13)12-16(15)24-2/h3-6,9-12,19H,7-8H2,1-2H3/t19-/m1/s1. The van der Waals surface area contributed by atoms with Crippen LogP contribution in [0.15, 0.2) is 47.2 Å². The summed E-state index contributed by atoms with van der Waals surface area (Å²) in [7, 11) is 3.29. The Morgan fingerprint density at radius 3 is 2.46 bits per heavy atom. The zero-order chi connectivity index (χ0) is 18.1. The first-order valence-corrected chi connectivity index (χ1v) is 10.1. The van der Waals surface area contributed by atoms with Gasteiger partial charge < -0.3 is 14.4 Å². The van der Waals surface area contributed by atoms with Gasteiger partial charge in [-0.15, -0.1) is 22.7 Å². The number of rotatable bonds is 4. The Morgan fingerprint density at radius 1 is 1.08 bits per heavy atom. The van der Waals surface area contributed by atoms with Crippen LogP contribution in [0.2, 0.25) is 0 Å². The number of hydrogen-bond donors (Lipinski definition) is 0. The number of methoxy groups -OCH3 is 2. The maximum absolute atomic E-state index is 13.1. The quantitative estimate of drug-likeness (QED) is 0.658. The molecule has 3 aromatic rings. The Hall–Kier alpha value is -2.31. The van der Waals surface area contributed by atoms with Gasteiger partial charge in [0.05, 0.1) is 25.1 Å². The van der Waals surface area contributed by atoms with Gasteiger partial charge in [0.25, 0.3) is 5.91 Å². The van der Waals surface area contributed by atoms with Gasteiger partial charge in [-0.3, -0.25) is 4.79 Å². The lowest BCUT2D eigenvalue weighted by Crippen LogP contribution is -2.40. The zero-order valence-electron chi connectivity index (χ0n) is 14.6. The van der Waals surface area contributed by atoms with Crippen molar-refractivity contribution in [3.05, 3.63) is 68.0 Å². The summed E-state index contributed by atoms with van der Waals surface area (Å²) in [6, 6.07) is 11.9. The molecule has 26 heavy (non-hydrogen) atoms. The zero-order valence-corrected chi connectivity index (χ0v) is 16.2. The third-order valence-electron chi connectivity index (χ3n) is 4.68. The minimum atomic E-state index is -0.104. The summed E-state index contributed by atoms with van der Waals surface area (Å²) in [5.41, 5.74) is 2.32. The van der Waals surface area contributed by atoms with Gasteiger partial charge in [-0.1, -0.05) is 12.1 Å². The van der Waals surface area contributed by atoms with Crippen LogP contribution >= 0.6 is 22.7 Å². The molecule has 0 fully saturated rings. The van der Waals surface area contributed by atoms with E-state index < -0.39 is 0 Å². The van der Waals surface area contributed by atoms with E-state index in [4.69, 9.17) is 9.47 Å². The summed E-state index contributed by atoms with van der Waals surface area (Å²) in [5.74, 6) is 1.51. The summed E-state index contributed by atoms with van der Waals surface area (Å²) in [4.78, 5) is 17.0. The van der Waals surface area contributed by atoms with Gasteiger partial charge in [-0.2, -0.15) is 0 Å². The third kappa shape index (κ3) is 2.89. The van der Waals surface area contributed by atoms with Crippen molar-refractivity contribution in [2.75, 3.05) is 20.8 Å². The smallest absolute Gasteiger partial charge is 0.264 e. The Labute approximate surface area is 160 Å². The predicted octanol–water partition coefficient (Wildman–Crippen LogP) is 4.61. The van der Waals surface area contributed by atoms with E-state index in [-0.39, 0.29) is 11.9 Å². The second kappa shape index (κ2) is 7.13. The summed E-state index contributed by atoms with van der Waals surface area (Å²) in [6.45, 7) is 0.682. The fourth-order valence-electron chi connectivity index (χ4n) is 3.46. The third-order valence-corrected chi connectivity index (χ3v) is 6.46. The first-order chi connectivity index (χ1) is 12.7. The van der Waals surface area contributed by atoms with E-state index in [1.165, 1.54) is 16.9 Å². The van der Waals surface area contributed by atoms with E-state index in [1.807, 2.05) is 40.6 Å². The molecule has 2 aromatic heterocycles. The van der Waals surface area contributed by atoms with E-state index in [1.54, 1.807) is 25.6 Å². The fourth-order valence-corrected chi connectivity index (χ4v) is 4.99. The number of amides is 1. The van der Waals surface area contributed by atoms with Gasteiger partial charge in [0.2, 0.25) is 0 Å². The van der Waals surface area contributed by atoms with Crippen molar-refractivity contribution in [2.45, 2.75) is 12.5 Å². The first kappa shape index (κ1) is 17.1. The van der Waals surface area contributed by atoms with Crippen LogP contribution in [0.5, 0.6) is 11.5 Å². The number of hydrogen-bond acceptors (Lipinski definition) is 5. The van der Waals surface area contributed by atoms with Crippen LogP contribution in [-0.4, -0.2) is 31.6 Å². The summed E-state index contributed by atoms with van der Waals surface area (Å²) in [5, 5.41) is 4.00. The van der Waals surface area contributed by atoms with Gasteiger partial charge in [-0.25, -0.2) is 0 Å². The van der Waals surface area contributed by atoms with E-state index in [0.717, 1.165) is 27.5 Å². The van der Waals surface area contributed by atoms with Crippen molar-refractivity contribution in [2.24, 2.45) is 0 Å². The van der Waals surface area contributed by atoms with Crippen LogP contribution in [0.25, 0.3) is 0 Å². The molecule has 0 aliphatic carbocycles. The minimum Gasteiger partial charge on any atom is -0.493 e. The molecule has 0 radical (unpaired) electrons. The van der Waals surface area contributed by atoms with Crippen LogP contribution in [0.3, 0.4) is 0 Å². The first-order valence-electron chi connectivity index (χ1n) is 8.35. The number of carbonyl (C=O) groups is 1. The maximum Gasteiger partial charge on any atom is 0.264 e. The second-order valence-electron chi connectivity index (χ2n) is 6.05. The van der Waals surface area contributed by atoms with Crippen molar-refractivity contribution in [1.29, 1.82) is 0 Å². The molecule has 134 valence electrons. The molecule has 1 aromatic carbocycles. The molecule has 4 nitrogen and oxygen atoms in total. The molecule has 1 aliphatic heterocycles. The van der Waals surface area contributed by atoms with Crippen LogP contribution in [-0.2, 0) is 6.42 Å². The Kier molecular flexibility index (Phi) is 4.70. The number of ether oxygens (including phenoxy) is 2. The minimum absolute atomic E-state index is 0.0823. The van der Waals surface area contributed by atoms with Crippen LogP contribution in [0.1, 0.15) is 31.7 Å². The van der Waals surface area contributed by atoms with Crippen LogP contribution in [0, 0.1) is 0 Å². The lowest BCUT2D eigenvalue weighted by atomic mass is 9.90. The molecule has 0 spiro atoms. The number of nitrogens with zero attached hydrogens (tertiary/aromatic N) is 1. The van der Waals surface area contributed by atoms with Crippen molar-refractivity contribution in [1.82, 2.24) is 4.90 Å². The molecule has 1 atom stereocenters. The molecule has 1 aliphatic rings. The molecule has 1 amide bonds. The number of benzene rings is 1. The largest absolute Gasteiger partial charge is 0.493 e. The monoisotopic (exact) mass is 385 g/mol. The maximum atomic E-state index is 13.1. The van der Waals surface area contributed by atoms with Gasteiger partial charge in [0, 0.05) is 11.4 Å². The van der Waals surface area contributed by atoms with Crippen LogP contribution < -0.4 is 9.47 Å². The molecule has 3 heterocycles. The molecule has 6 heteroatoms. The molecular weight excluding hydrogens is 366 g/mol. The molecule has 0 unspecified atom stereocenters. The molecule has 0 saturated heterocycles. The normalized spacial score (nSPS) is 16.2. The van der Waals surface area contributed by atoms with Crippen LogP contribution in [0.4, 0.5) is 0 Å². The Morgan fingerprint density at radius 2 is 1.81 bits per heavy atom. The lowest BCUT2D eigenvalue weighted by Gasteiger charge is -2.37.